The third-order valence-corrected chi connectivity index (χ3v) is 4.70. The first-order chi connectivity index (χ1) is 12.7. The van der Waals surface area contributed by atoms with Gasteiger partial charge >= 0.3 is 5.63 Å². The van der Waals surface area contributed by atoms with E-state index in [-0.39, 0.29) is 29.1 Å². The Morgan fingerprint density at radius 3 is 2.63 bits per heavy atom. The number of Topliss-reactive ketones (excluding diaryl/α,β-unsaturated/α-hetero) is 1. The molecule has 0 radical (unpaired) electrons. The summed E-state index contributed by atoms with van der Waals surface area (Å²) in [5.41, 5.74) is -0.755. The Labute approximate surface area is 157 Å². The fourth-order valence-corrected chi connectivity index (χ4v) is 3.34. The van der Waals surface area contributed by atoms with Gasteiger partial charge in [0, 0.05) is 18.1 Å². The minimum Gasteiger partial charge on any atom is -0.506 e. The lowest BCUT2D eigenvalue weighted by atomic mass is 9.91. The summed E-state index contributed by atoms with van der Waals surface area (Å²) in [5, 5.41) is 21.6. The molecule has 2 N–H and O–H groups in total. The summed E-state index contributed by atoms with van der Waals surface area (Å²) in [6.45, 7) is 7.33. The molecule has 0 bridgehead atoms. The average Bonchev–Trinajstić information content (AvgIpc) is 2.59. The van der Waals surface area contributed by atoms with Crippen LogP contribution in [0, 0.1) is 0 Å². The first kappa shape index (κ1) is 19.2. The summed E-state index contributed by atoms with van der Waals surface area (Å²) in [6.07, 6.45) is 3.69. The molecular formula is C21H24O6. The van der Waals surface area contributed by atoms with Crippen LogP contribution in [0.2, 0.25) is 0 Å². The van der Waals surface area contributed by atoms with Crippen LogP contribution >= 0.6 is 0 Å². The monoisotopic (exact) mass is 372 g/mol. The van der Waals surface area contributed by atoms with Crippen molar-refractivity contribution in [2.45, 2.75) is 58.7 Å². The lowest BCUT2D eigenvalue weighted by Gasteiger charge is -2.30. The number of hydrogen-bond donors (Lipinski definition) is 2. The molecule has 1 aliphatic rings. The predicted molar refractivity (Wildman–Crippen MR) is 102 cm³/mol. The van der Waals surface area contributed by atoms with Gasteiger partial charge in [-0.05, 0) is 38.8 Å². The molecule has 1 aromatic heterocycles. The molecule has 3 rings (SSSR count). The number of rotatable bonds is 5. The number of hydrogen-bond acceptors (Lipinski definition) is 6. The van der Waals surface area contributed by atoms with E-state index in [0.29, 0.717) is 35.1 Å². The fraction of sp³-hybridized carbons (Fsp3) is 0.429. The Bertz CT molecular complexity index is 996. The van der Waals surface area contributed by atoms with Crippen molar-refractivity contribution in [3.05, 3.63) is 39.3 Å². The first-order valence-corrected chi connectivity index (χ1v) is 9.16. The highest BCUT2D eigenvalue weighted by Crippen LogP contribution is 2.47. The number of benzene rings is 1. The van der Waals surface area contributed by atoms with Crippen LogP contribution in [0.15, 0.2) is 21.4 Å². The zero-order valence-corrected chi connectivity index (χ0v) is 16.0. The number of aliphatic hydroxyl groups is 1. The predicted octanol–water partition coefficient (Wildman–Crippen LogP) is 4.11. The van der Waals surface area contributed by atoms with E-state index in [0.717, 1.165) is 0 Å². The normalized spacial score (nSPS) is 16.0. The maximum absolute atomic E-state index is 12.7. The Kier molecular flexibility index (Phi) is 4.86. The van der Waals surface area contributed by atoms with Crippen LogP contribution in [0.25, 0.3) is 17.0 Å². The number of aliphatic hydroxyl groups excluding tert-OH is 1. The molecule has 0 fully saturated rings. The molecule has 6 heteroatoms. The zero-order chi connectivity index (χ0) is 19.9. The minimum atomic E-state index is -0.933. The maximum atomic E-state index is 12.7. The number of phenolic OH excluding ortho intramolecular Hbond substituents is 1. The number of carbonyl (C=O) groups is 1. The fourth-order valence-electron chi connectivity index (χ4n) is 3.34. The second-order valence-corrected chi connectivity index (χ2v) is 7.33. The van der Waals surface area contributed by atoms with Crippen molar-refractivity contribution in [2.24, 2.45) is 0 Å². The van der Waals surface area contributed by atoms with Gasteiger partial charge < -0.3 is 19.4 Å². The van der Waals surface area contributed by atoms with Gasteiger partial charge in [0.15, 0.2) is 11.4 Å². The van der Waals surface area contributed by atoms with Gasteiger partial charge in [0.1, 0.15) is 22.7 Å². The van der Waals surface area contributed by atoms with E-state index in [2.05, 4.69) is 0 Å². The molecule has 0 spiro atoms. The molecule has 0 saturated carbocycles. The summed E-state index contributed by atoms with van der Waals surface area (Å²) in [4.78, 5) is 24.8. The minimum absolute atomic E-state index is 0.0363. The molecule has 1 aliphatic heterocycles. The number of phenols is 1. The van der Waals surface area contributed by atoms with Gasteiger partial charge in [-0.25, -0.2) is 4.79 Å². The second-order valence-electron chi connectivity index (χ2n) is 7.33. The van der Waals surface area contributed by atoms with Gasteiger partial charge in [0.2, 0.25) is 0 Å². The van der Waals surface area contributed by atoms with Crippen molar-refractivity contribution < 1.29 is 24.2 Å². The second kappa shape index (κ2) is 6.85. The van der Waals surface area contributed by atoms with E-state index < -0.39 is 17.3 Å². The van der Waals surface area contributed by atoms with Gasteiger partial charge in [0.05, 0.1) is 17.1 Å². The molecular weight excluding hydrogens is 348 g/mol. The molecule has 27 heavy (non-hydrogen) atoms. The molecule has 0 saturated heterocycles. The molecule has 1 atom stereocenters. The standard InChI is InChI=1S/C21H24O6/c1-5-7-14(23)17-18(25)11-8-9-21(3,4)27-19(11)16-12(13(22)6-2)10-15(24)26-20(16)17/h8-10,13,22,25H,5-7H2,1-4H3/t13-/m0/s1. The quantitative estimate of drug-likeness (QED) is 0.606. The van der Waals surface area contributed by atoms with Crippen LogP contribution in [-0.2, 0) is 0 Å². The molecule has 0 unspecified atom stereocenters. The van der Waals surface area contributed by atoms with Gasteiger partial charge in [-0.15, -0.1) is 0 Å². The molecule has 6 nitrogen and oxygen atoms in total. The Morgan fingerprint density at radius 1 is 1.30 bits per heavy atom. The van der Waals surface area contributed by atoms with Crippen molar-refractivity contribution in [1.82, 2.24) is 0 Å². The SMILES string of the molecule is CCCC(=O)c1c(O)c2c(c3c([C@@H](O)CC)cc(=O)oc13)OC(C)(C)C=C2. The van der Waals surface area contributed by atoms with E-state index in [9.17, 15) is 19.8 Å². The van der Waals surface area contributed by atoms with E-state index in [1.165, 1.54) is 6.07 Å². The van der Waals surface area contributed by atoms with E-state index >= 15 is 0 Å². The smallest absolute Gasteiger partial charge is 0.336 e. The summed E-state index contributed by atoms with van der Waals surface area (Å²) >= 11 is 0. The van der Waals surface area contributed by atoms with Crippen LogP contribution < -0.4 is 10.4 Å². The number of ether oxygens (including phenoxy) is 1. The molecule has 0 amide bonds. The number of carbonyl (C=O) groups excluding carboxylic acids is 1. The van der Waals surface area contributed by atoms with Crippen LogP contribution in [0.5, 0.6) is 11.5 Å². The van der Waals surface area contributed by atoms with Gasteiger partial charge in [-0.3, -0.25) is 4.79 Å². The first-order valence-electron chi connectivity index (χ1n) is 9.16. The lowest BCUT2D eigenvalue weighted by molar-refractivity contribution is 0.0979. The van der Waals surface area contributed by atoms with E-state index in [1.807, 2.05) is 20.8 Å². The summed E-state index contributed by atoms with van der Waals surface area (Å²) in [6, 6.07) is 1.22. The molecule has 1 aromatic carbocycles. The van der Waals surface area contributed by atoms with Gasteiger partial charge in [-0.2, -0.15) is 0 Å². The summed E-state index contributed by atoms with van der Waals surface area (Å²) in [5.74, 6) is -0.296. The average molecular weight is 372 g/mol. The Morgan fingerprint density at radius 2 is 2.00 bits per heavy atom. The highest BCUT2D eigenvalue weighted by molar-refractivity contribution is 6.12. The van der Waals surface area contributed by atoms with Crippen LogP contribution in [0.1, 0.15) is 74.5 Å². The number of aromatic hydroxyl groups is 1. The van der Waals surface area contributed by atoms with Crippen molar-refractivity contribution in [1.29, 1.82) is 0 Å². The Balaban J connectivity index is 2.51. The largest absolute Gasteiger partial charge is 0.506 e. The van der Waals surface area contributed by atoms with Gasteiger partial charge in [-0.1, -0.05) is 13.8 Å². The van der Waals surface area contributed by atoms with Crippen LogP contribution in [-0.4, -0.2) is 21.6 Å². The van der Waals surface area contributed by atoms with Gasteiger partial charge in [0.25, 0.3) is 0 Å². The van der Waals surface area contributed by atoms with Crippen molar-refractivity contribution in [2.75, 3.05) is 0 Å². The Hall–Kier alpha value is -2.60. The number of fused-ring (bicyclic) bond motifs is 3. The van der Waals surface area contributed by atoms with Crippen molar-refractivity contribution in [3.8, 4) is 11.5 Å². The third-order valence-electron chi connectivity index (χ3n) is 4.70. The topological polar surface area (TPSA) is 97.0 Å². The van der Waals surface area contributed by atoms with Crippen LogP contribution in [0.4, 0.5) is 0 Å². The highest BCUT2D eigenvalue weighted by atomic mass is 16.5. The number of ketones is 1. The summed E-state index contributed by atoms with van der Waals surface area (Å²) in [7, 11) is 0. The molecule has 144 valence electrons. The lowest BCUT2D eigenvalue weighted by Crippen LogP contribution is -2.28. The van der Waals surface area contributed by atoms with E-state index in [1.54, 1.807) is 19.1 Å². The maximum Gasteiger partial charge on any atom is 0.336 e. The van der Waals surface area contributed by atoms with Crippen LogP contribution in [0.3, 0.4) is 0 Å². The summed E-state index contributed by atoms with van der Waals surface area (Å²) < 4.78 is 11.4. The highest BCUT2D eigenvalue weighted by Gasteiger charge is 2.33. The molecule has 0 aliphatic carbocycles. The van der Waals surface area contributed by atoms with Crippen molar-refractivity contribution >= 4 is 22.8 Å². The van der Waals surface area contributed by atoms with Crippen molar-refractivity contribution in [3.63, 3.8) is 0 Å². The molecule has 2 aromatic rings. The zero-order valence-electron chi connectivity index (χ0n) is 16.0. The third kappa shape index (κ3) is 3.25. The molecule has 2 heterocycles. The van der Waals surface area contributed by atoms with E-state index in [4.69, 9.17) is 9.15 Å².